The smallest absolute Gasteiger partial charge is 0.348 e. The first-order chi connectivity index (χ1) is 12.4. The molecule has 2 aromatic rings. The van der Waals surface area contributed by atoms with E-state index in [1.807, 2.05) is 0 Å². The number of fused-ring (bicyclic) bond motifs is 1. The molecule has 8 heteroatoms. The topological polar surface area (TPSA) is 72.9 Å². The zero-order chi connectivity index (χ0) is 18.8. The van der Waals surface area contributed by atoms with Crippen molar-refractivity contribution >= 4 is 41.0 Å². The summed E-state index contributed by atoms with van der Waals surface area (Å²) in [7, 11) is 0. The maximum Gasteiger partial charge on any atom is 0.348 e. The van der Waals surface area contributed by atoms with Crippen LogP contribution >= 0.6 is 23.2 Å². The van der Waals surface area contributed by atoms with Crippen molar-refractivity contribution in [1.29, 1.82) is 0 Å². The molecular weight excluding hydrogens is 381 g/mol. The first-order valence-electron chi connectivity index (χ1n) is 7.62. The van der Waals surface area contributed by atoms with Gasteiger partial charge in [-0.05, 0) is 37.3 Å². The molecule has 1 aliphatic rings. The molecule has 0 radical (unpaired) electrons. The Morgan fingerprint density at radius 3 is 2.27 bits per heavy atom. The van der Waals surface area contributed by atoms with Gasteiger partial charge < -0.3 is 9.47 Å². The van der Waals surface area contributed by atoms with Crippen LogP contribution in [0.1, 0.15) is 27.6 Å². The quantitative estimate of drug-likeness (QED) is 0.573. The van der Waals surface area contributed by atoms with Crippen LogP contribution in [-0.2, 0) is 9.53 Å². The number of halogens is 2. The van der Waals surface area contributed by atoms with Gasteiger partial charge in [-0.1, -0.05) is 35.3 Å². The Hall–Kier alpha value is -2.57. The molecule has 0 saturated heterocycles. The minimum Gasteiger partial charge on any atom is -0.477 e. The summed E-state index contributed by atoms with van der Waals surface area (Å²) in [6.07, 6.45) is -0.996. The molecule has 0 aromatic heterocycles. The lowest BCUT2D eigenvalue weighted by Crippen LogP contribution is -2.36. The van der Waals surface area contributed by atoms with Gasteiger partial charge in [-0.3, -0.25) is 9.59 Å². The Labute approximate surface area is 159 Å². The highest BCUT2D eigenvalue weighted by molar-refractivity contribution is 6.35. The fourth-order valence-corrected chi connectivity index (χ4v) is 2.86. The highest BCUT2D eigenvalue weighted by Crippen LogP contribution is 2.28. The number of hydrogen-bond acceptors (Lipinski definition) is 5. The molecule has 3 rings (SSSR count). The Balaban J connectivity index is 1.60. The number of nitrogens with zero attached hydrogens (tertiary/aromatic N) is 1. The summed E-state index contributed by atoms with van der Waals surface area (Å²) >= 11 is 11.8. The van der Waals surface area contributed by atoms with Crippen molar-refractivity contribution < 1.29 is 23.9 Å². The van der Waals surface area contributed by atoms with Gasteiger partial charge in [0, 0.05) is 5.02 Å². The number of amides is 2. The van der Waals surface area contributed by atoms with Crippen molar-refractivity contribution in [3.8, 4) is 5.75 Å². The fourth-order valence-electron chi connectivity index (χ4n) is 2.41. The second-order valence-electron chi connectivity index (χ2n) is 5.51. The summed E-state index contributed by atoms with van der Waals surface area (Å²) in [4.78, 5) is 37.4. The fraction of sp³-hybridized carbons (Fsp3) is 0.167. The lowest BCUT2D eigenvalue weighted by atomic mass is 10.1. The van der Waals surface area contributed by atoms with E-state index in [2.05, 4.69) is 0 Å². The van der Waals surface area contributed by atoms with Gasteiger partial charge >= 0.3 is 5.97 Å². The van der Waals surface area contributed by atoms with E-state index in [0.29, 0.717) is 5.02 Å². The van der Waals surface area contributed by atoms with Crippen LogP contribution in [0.3, 0.4) is 0 Å². The molecule has 0 bridgehead atoms. The number of esters is 1. The monoisotopic (exact) mass is 393 g/mol. The number of carbonyl (C=O) groups is 3. The first-order valence-corrected chi connectivity index (χ1v) is 8.37. The van der Waals surface area contributed by atoms with Gasteiger partial charge in [-0.15, -0.1) is 0 Å². The van der Waals surface area contributed by atoms with Crippen LogP contribution in [0.2, 0.25) is 10.0 Å². The number of carbonyl (C=O) groups excluding carboxylic acids is 3. The van der Waals surface area contributed by atoms with Gasteiger partial charge in [-0.2, -0.15) is 0 Å². The predicted molar refractivity (Wildman–Crippen MR) is 94.5 cm³/mol. The summed E-state index contributed by atoms with van der Waals surface area (Å²) in [5, 5.41) is 0.681. The molecule has 6 nitrogen and oxygen atoms in total. The van der Waals surface area contributed by atoms with Crippen LogP contribution in [0.4, 0.5) is 0 Å². The molecule has 1 atom stereocenters. The molecule has 1 heterocycles. The van der Waals surface area contributed by atoms with E-state index in [1.54, 1.807) is 30.3 Å². The highest BCUT2D eigenvalue weighted by Gasteiger charge is 2.36. The van der Waals surface area contributed by atoms with Crippen molar-refractivity contribution in [2.45, 2.75) is 13.0 Å². The Bertz CT molecular complexity index is 864. The molecule has 0 spiro atoms. The molecule has 134 valence electrons. The number of imide groups is 1. The van der Waals surface area contributed by atoms with E-state index < -0.39 is 30.6 Å². The van der Waals surface area contributed by atoms with Crippen molar-refractivity contribution in [3.05, 3.63) is 63.6 Å². The molecule has 26 heavy (non-hydrogen) atoms. The first kappa shape index (κ1) is 18.2. The number of benzene rings is 2. The van der Waals surface area contributed by atoms with Gasteiger partial charge in [-0.25, -0.2) is 9.69 Å². The Morgan fingerprint density at radius 1 is 1.08 bits per heavy atom. The van der Waals surface area contributed by atoms with Gasteiger partial charge in [0.15, 0.2) is 12.8 Å². The lowest BCUT2D eigenvalue weighted by molar-refractivity contribution is -0.153. The van der Waals surface area contributed by atoms with Gasteiger partial charge in [0.25, 0.3) is 11.8 Å². The SMILES string of the molecule is C[C@H](Oc1ccc(Cl)cc1Cl)C(=O)OCN1C(=O)c2ccccc2C1=O. The van der Waals surface area contributed by atoms with E-state index in [-0.39, 0.29) is 21.9 Å². The van der Waals surface area contributed by atoms with Gasteiger partial charge in [0.1, 0.15) is 5.75 Å². The van der Waals surface area contributed by atoms with E-state index in [9.17, 15) is 14.4 Å². The Morgan fingerprint density at radius 2 is 1.69 bits per heavy atom. The molecule has 2 amide bonds. The number of hydrogen-bond donors (Lipinski definition) is 0. The average Bonchev–Trinajstić information content (AvgIpc) is 2.86. The van der Waals surface area contributed by atoms with Crippen molar-refractivity contribution in [2.24, 2.45) is 0 Å². The van der Waals surface area contributed by atoms with Crippen LogP contribution in [0, 0.1) is 0 Å². The molecule has 0 unspecified atom stereocenters. The van der Waals surface area contributed by atoms with Crippen molar-refractivity contribution in [2.75, 3.05) is 6.73 Å². The molecule has 0 aliphatic carbocycles. The van der Waals surface area contributed by atoms with E-state index in [0.717, 1.165) is 4.90 Å². The third kappa shape index (κ3) is 3.52. The van der Waals surface area contributed by atoms with Crippen LogP contribution in [0.15, 0.2) is 42.5 Å². The zero-order valence-electron chi connectivity index (χ0n) is 13.6. The van der Waals surface area contributed by atoms with Crippen LogP contribution in [-0.4, -0.2) is 35.5 Å². The largest absolute Gasteiger partial charge is 0.477 e. The standard InChI is InChI=1S/C18H13Cl2NO5/c1-10(26-15-7-6-11(19)8-14(15)20)18(24)25-9-21-16(22)12-4-2-3-5-13(12)17(21)23/h2-8,10H,9H2,1H3/t10-/m0/s1. The summed E-state index contributed by atoms with van der Waals surface area (Å²) in [5.41, 5.74) is 0.566. The van der Waals surface area contributed by atoms with E-state index >= 15 is 0 Å². The predicted octanol–water partition coefficient (Wildman–Crippen LogP) is 3.56. The maximum atomic E-state index is 12.2. The van der Waals surface area contributed by atoms with Crippen molar-refractivity contribution in [3.63, 3.8) is 0 Å². The zero-order valence-corrected chi connectivity index (χ0v) is 15.1. The summed E-state index contributed by atoms with van der Waals surface area (Å²) in [6.45, 7) is 0.975. The Kier molecular flexibility index (Phi) is 5.15. The number of ether oxygens (including phenoxy) is 2. The molecule has 2 aromatic carbocycles. The summed E-state index contributed by atoms with van der Waals surface area (Å²) < 4.78 is 10.5. The molecular formula is C18H13Cl2NO5. The average molecular weight is 394 g/mol. The third-order valence-corrected chi connectivity index (χ3v) is 4.27. The minimum atomic E-state index is -0.996. The maximum absolute atomic E-state index is 12.2. The second kappa shape index (κ2) is 7.35. The molecule has 0 N–H and O–H groups in total. The lowest BCUT2D eigenvalue weighted by Gasteiger charge is -2.18. The number of rotatable bonds is 5. The molecule has 0 saturated carbocycles. The molecule has 1 aliphatic heterocycles. The van der Waals surface area contributed by atoms with Crippen LogP contribution < -0.4 is 4.74 Å². The summed E-state index contributed by atoms with van der Waals surface area (Å²) in [6, 6.07) is 11.0. The normalized spacial score (nSPS) is 14.2. The summed E-state index contributed by atoms with van der Waals surface area (Å²) in [5.74, 6) is -1.49. The second-order valence-corrected chi connectivity index (χ2v) is 6.35. The minimum absolute atomic E-state index is 0.248. The van der Waals surface area contributed by atoms with Crippen LogP contribution in [0.25, 0.3) is 0 Å². The van der Waals surface area contributed by atoms with E-state index in [4.69, 9.17) is 32.7 Å². The third-order valence-electron chi connectivity index (χ3n) is 3.74. The van der Waals surface area contributed by atoms with Gasteiger partial charge in [0.05, 0.1) is 16.1 Å². The van der Waals surface area contributed by atoms with E-state index in [1.165, 1.54) is 19.1 Å². The highest BCUT2D eigenvalue weighted by atomic mass is 35.5. The van der Waals surface area contributed by atoms with Crippen molar-refractivity contribution in [1.82, 2.24) is 4.90 Å². The molecule has 0 fully saturated rings. The van der Waals surface area contributed by atoms with Gasteiger partial charge in [0.2, 0.25) is 0 Å². The van der Waals surface area contributed by atoms with Crippen LogP contribution in [0.5, 0.6) is 5.75 Å².